The van der Waals surface area contributed by atoms with Crippen molar-refractivity contribution in [2.24, 2.45) is 10.8 Å². The minimum absolute atomic E-state index is 0.0170. The summed E-state index contributed by atoms with van der Waals surface area (Å²) in [6.45, 7) is 0. The quantitative estimate of drug-likeness (QED) is 0.317. The molecule has 3 N–H and O–H groups in total. The first kappa shape index (κ1) is 17.5. The molecule has 0 aliphatic heterocycles. The molecule has 0 radical (unpaired) electrons. The molecule has 0 amide bonds. The number of hydrogen-bond donors (Lipinski definition) is 2. The molecule has 26 heavy (non-hydrogen) atoms. The van der Waals surface area contributed by atoms with Gasteiger partial charge in [0.2, 0.25) is 0 Å². The van der Waals surface area contributed by atoms with Gasteiger partial charge in [0, 0.05) is 22.3 Å². The van der Waals surface area contributed by atoms with Crippen molar-refractivity contribution in [2.45, 2.75) is 0 Å². The van der Waals surface area contributed by atoms with Crippen molar-refractivity contribution >= 4 is 28.8 Å². The molecule has 0 saturated heterocycles. The summed E-state index contributed by atoms with van der Waals surface area (Å²) in [5, 5.41) is 4.40. The molecular formula is C21H17N3OS. The molecule has 0 aliphatic carbocycles. The maximum Gasteiger partial charge on any atom is 0.193 e. The van der Waals surface area contributed by atoms with E-state index in [2.05, 4.69) is 10.5 Å². The SMILES string of the molecule is NC(=S)N/N=C(\c1ccccc1)c1ccc(C(=O)c2ccccc2)cc1. The van der Waals surface area contributed by atoms with Crippen LogP contribution in [-0.4, -0.2) is 16.6 Å². The van der Waals surface area contributed by atoms with Gasteiger partial charge in [-0.05, 0) is 12.2 Å². The van der Waals surface area contributed by atoms with Crippen LogP contribution in [0.15, 0.2) is 90.0 Å². The van der Waals surface area contributed by atoms with Crippen molar-refractivity contribution in [3.05, 3.63) is 107 Å². The Morgan fingerprint density at radius 2 is 1.15 bits per heavy atom. The van der Waals surface area contributed by atoms with Crippen LogP contribution < -0.4 is 11.2 Å². The lowest BCUT2D eigenvalue weighted by Crippen LogP contribution is -2.26. The molecule has 0 aliphatic rings. The molecule has 3 aromatic carbocycles. The predicted octanol–water partition coefficient (Wildman–Crippen LogP) is 3.50. The number of nitrogens with zero attached hydrogens (tertiary/aromatic N) is 1. The number of benzene rings is 3. The van der Waals surface area contributed by atoms with Crippen LogP contribution >= 0.6 is 12.2 Å². The van der Waals surface area contributed by atoms with Crippen molar-refractivity contribution in [1.82, 2.24) is 5.43 Å². The maximum absolute atomic E-state index is 12.5. The summed E-state index contributed by atoms with van der Waals surface area (Å²) in [5.74, 6) is -0.0170. The Kier molecular flexibility index (Phi) is 5.51. The molecule has 4 nitrogen and oxygen atoms in total. The number of ketones is 1. The Morgan fingerprint density at radius 3 is 1.69 bits per heavy atom. The summed E-state index contributed by atoms with van der Waals surface area (Å²) in [4.78, 5) is 12.5. The standard InChI is InChI=1S/C21H17N3OS/c22-21(26)24-23-19(15-7-3-1-4-8-15)16-11-13-18(14-12-16)20(25)17-9-5-2-6-10-17/h1-14H,(H3,22,24,26)/b23-19+. The van der Waals surface area contributed by atoms with E-state index >= 15 is 0 Å². The second kappa shape index (κ2) is 8.18. The van der Waals surface area contributed by atoms with E-state index < -0.39 is 0 Å². The van der Waals surface area contributed by atoms with Gasteiger partial charge < -0.3 is 5.73 Å². The molecule has 0 fully saturated rings. The fourth-order valence-electron chi connectivity index (χ4n) is 2.54. The number of carbonyl (C=O) groups excluding carboxylic acids is 1. The first-order chi connectivity index (χ1) is 12.6. The highest BCUT2D eigenvalue weighted by Crippen LogP contribution is 2.15. The Morgan fingerprint density at radius 1 is 0.731 bits per heavy atom. The summed E-state index contributed by atoms with van der Waals surface area (Å²) < 4.78 is 0. The number of hydrazone groups is 1. The van der Waals surface area contributed by atoms with Gasteiger partial charge >= 0.3 is 0 Å². The molecule has 0 atom stereocenters. The van der Waals surface area contributed by atoms with Crippen molar-refractivity contribution in [3.8, 4) is 0 Å². The van der Waals surface area contributed by atoms with E-state index in [0.717, 1.165) is 11.1 Å². The average molecular weight is 359 g/mol. The van der Waals surface area contributed by atoms with E-state index in [4.69, 9.17) is 18.0 Å². The number of carbonyl (C=O) groups is 1. The molecule has 0 heterocycles. The van der Waals surface area contributed by atoms with Crippen LogP contribution in [0.4, 0.5) is 0 Å². The van der Waals surface area contributed by atoms with Gasteiger partial charge in [0.15, 0.2) is 10.9 Å². The van der Waals surface area contributed by atoms with Gasteiger partial charge in [-0.2, -0.15) is 5.10 Å². The molecule has 3 aromatic rings. The molecular weight excluding hydrogens is 342 g/mol. The van der Waals surface area contributed by atoms with Gasteiger partial charge in [-0.3, -0.25) is 10.2 Å². The first-order valence-corrected chi connectivity index (χ1v) is 8.45. The minimum atomic E-state index is -0.0170. The zero-order chi connectivity index (χ0) is 18.4. The molecule has 0 aromatic heterocycles. The lowest BCUT2D eigenvalue weighted by molar-refractivity contribution is 0.103. The van der Waals surface area contributed by atoms with Crippen LogP contribution in [0.2, 0.25) is 0 Å². The number of hydrogen-bond acceptors (Lipinski definition) is 3. The summed E-state index contributed by atoms with van der Waals surface area (Å²) >= 11 is 4.84. The number of rotatable bonds is 5. The predicted molar refractivity (Wildman–Crippen MR) is 108 cm³/mol. The van der Waals surface area contributed by atoms with Gasteiger partial charge in [-0.15, -0.1) is 0 Å². The van der Waals surface area contributed by atoms with Crippen LogP contribution in [0.3, 0.4) is 0 Å². The van der Waals surface area contributed by atoms with Crippen molar-refractivity contribution < 1.29 is 4.79 Å². The normalized spacial score (nSPS) is 11.0. The lowest BCUT2D eigenvalue weighted by atomic mass is 9.98. The molecule has 0 saturated carbocycles. The number of thiocarbonyl (C=S) groups is 1. The Bertz CT molecular complexity index is 936. The van der Waals surface area contributed by atoms with E-state index in [1.807, 2.05) is 60.7 Å². The lowest BCUT2D eigenvalue weighted by Gasteiger charge is -2.09. The van der Waals surface area contributed by atoms with E-state index in [1.165, 1.54) is 0 Å². The summed E-state index contributed by atoms with van der Waals surface area (Å²) in [6, 6.07) is 26.2. The summed E-state index contributed by atoms with van der Waals surface area (Å²) in [5.41, 5.74) is 11.9. The highest BCUT2D eigenvalue weighted by Gasteiger charge is 2.11. The van der Waals surface area contributed by atoms with Gasteiger partial charge in [-0.25, -0.2) is 0 Å². The fraction of sp³-hybridized carbons (Fsp3) is 0. The average Bonchev–Trinajstić information content (AvgIpc) is 2.69. The maximum atomic E-state index is 12.5. The third kappa shape index (κ3) is 4.20. The molecule has 0 spiro atoms. The molecule has 0 bridgehead atoms. The van der Waals surface area contributed by atoms with Crippen LogP contribution in [0.25, 0.3) is 0 Å². The van der Waals surface area contributed by atoms with Crippen LogP contribution in [0.1, 0.15) is 27.0 Å². The molecule has 5 heteroatoms. The van der Waals surface area contributed by atoms with Crippen molar-refractivity contribution in [1.29, 1.82) is 0 Å². The smallest absolute Gasteiger partial charge is 0.193 e. The molecule has 128 valence electrons. The largest absolute Gasteiger partial charge is 0.375 e. The van der Waals surface area contributed by atoms with E-state index in [-0.39, 0.29) is 10.9 Å². The zero-order valence-electron chi connectivity index (χ0n) is 13.9. The highest BCUT2D eigenvalue weighted by atomic mass is 32.1. The van der Waals surface area contributed by atoms with Crippen LogP contribution in [0, 0.1) is 0 Å². The Labute approximate surface area is 157 Å². The molecule has 3 rings (SSSR count). The third-order valence-corrected chi connectivity index (χ3v) is 3.87. The summed E-state index contributed by atoms with van der Waals surface area (Å²) in [7, 11) is 0. The van der Waals surface area contributed by atoms with Gasteiger partial charge in [0.05, 0.1) is 5.71 Å². The van der Waals surface area contributed by atoms with Crippen LogP contribution in [-0.2, 0) is 0 Å². The monoisotopic (exact) mass is 359 g/mol. The summed E-state index contributed by atoms with van der Waals surface area (Å²) in [6.07, 6.45) is 0. The fourth-order valence-corrected chi connectivity index (χ4v) is 2.58. The van der Waals surface area contributed by atoms with Crippen molar-refractivity contribution in [2.75, 3.05) is 0 Å². The van der Waals surface area contributed by atoms with Gasteiger partial charge in [0.25, 0.3) is 0 Å². The number of nitrogens with two attached hydrogens (primary N) is 1. The zero-order valence-corrected chi connectivity index (χ0v) is 14.7. The van der Waals surface area contributed by atoms with Crippen LogP contribution in [0.5, 0.6) is 0 Å². The molecule has 0 unspecified atom stereocenters. The van der Waals surface area contributed by atoms with E-state index in [1.54, 1.807) is 24.3 Å². The first-order valence-electron chi connectivity index (χ1n) is 8.04. The van der Waals surface area contributed by atoms with Gasteiger partial charge in [0.1, 0.15) is 0 Å². The number of nitrogens with one attached hydrogen (secondary N) is 1. The minimum Gasteiger partial charge on any atom is -0.375 e. The second-order valence-electron chi connectivity index (χ2n) is 5.57. The second-order valence-corrected chi connectivity index (χ2v) is 6.01. The van der Waals surface area contributed by atoms with E-state index in [9.17, 15) is 4.79 Å². The highest BCUT2D eigenvalue weighted by molar-refractivity contribution is 7.80. The van der Waals surface area contributed by atoms with E-state index in [0.29, 0.717) is 16.8 Å². The van der Waals surface area contributed by atoms with Crippen molar-refractivity contribution in [3.63, 3.8) is 0 Å². The Balaban J connectivity index is 1.92. The van der Waals surface area contributed by atoms with Gasteiger partial charge in [-0.1, -0.05) is 84.9 Å². The Hall–Kier alpha value is -3.31. The third-order valence-electron chi connectivity index (χ3n) is 3.78. The topological polar surface area (TPSA) is 67.5 Å².